The predicted molar refractivity (Wildman–Crippen MR) is 93.0 cm³/mol. The Kier molecular flexibility index (Phi) is 10.4. The van der Waals surface area contributed by atoms with Gasteiger partial charge in [-0.3, -0.25) is 0 Å². The molecule has 0 saturated heterocycles. The van der Waals surface area contributed by atoms with Crippen molar-refractivity contribution in [2.75, 3.05) is 27.2 Å². The van der Waals surface area contributed by atoms with Gasteiger partial charge in [0.2, 0.25) is 0 Å². The van der Waals surface area contributed by atoms with Crippen molar-refractivity contribution in [2.24, 2.45) is 3.15 Å². The summed E-state index contributed by atoms with van der Waals surface area (Å²) in [5.74, 6) is 0. The lowest BCUT2D eigenvalue weighted by molar-refractivity contribution is -0.573. The van der Waals surface area contributed by atoms with Crippen LogP contribution in [0.3, 0.4) is 0 Å². The van der Waals surface area contributed by atoms with Gasteiger partial charge in [0.15, 0.2) is 5.11 Å². The van der Waals surface area contributed by atoms with E-state index < -0.39 is 5.60 Å². The second-order valence-electron chi connectivity index (χ2n) is 5.41. The minimum atomic E-state index is -0.418. The molecule has 6 nitrogen and oxygen atoms in total. The van der Waals surface area contributed by atoms with E-state index >= 15 is 0 Å². The van der Waals surface area contributed by atoms with Gasteiger partial charge < -0.3 is 10.1 Å². The molecule has 0 rings (SSSR count). The summed E-state index contributed by atoms with van der Waals surface area (Å²) < 4.78 is 11.5. The highest BCUT2D eigenvalue weighted by Gasteiger charge is 2.18. The van der Waals surface area contributed by atoms with Crippen molar-refractivity contribution in [2.45, 2.75) is 39.2 Å². The Hall–Kier alpha value is -0.190. The molecule has 0 bridgehead atoms. The van der Waals surface area contributed by atoms with E-state index in [2.05, 4.69) is 11.6 Å². The Morgan fingerprint density at radius 2 is 2.05 bits per heavy atom. The number of quaternary nitrogens is 1. The average Bonchev–Trinajstić information content (AvgIpc) is 2.28. The number of nitrogens with zero attached hydrogens (tertiary/aromatic N) is 2. The second-order valence-corrected chi connectivity index (χ2v) is 8.64. The molecule has 0 aliphatic carbocycles. The van der Waals surface area contributed by atoms with Crippen molar-refractivity contribution in [3.8, 4) is 0 Å². The van der Waals surface area contributed by atoms with Crippen molar-refractivity contribution >= 4 is 44.7 Å². The number of rotatable bonds is 6. The van der Waals surface area contributed by atoms with Crippen LogP contribution in [0.1, 0.15) is 33.6 Å². The fourth-order valence-corrected chi connectivity index (χ4v) is 2.27. The van der Waals surface area contributed by atoms with E-state index in [9.17, 15) is 4.79 Å². The van der Waals surface area contributed by atoms with Crippen LogP contribution in [0.25, 0.3) is 0 Å². The van der Waals surface area contributed by atoms with E-state index in [1.807, 2.05) is 34.9 Å². The van der Waals surface area contributed by atoms with Crippen LogP contribution in [0.2, 0.25) is 0 Å². The number of carbonyl (C=O) groups is 1. The molecule has 0 heterocycles. The van der Waals surface area contributed by atoms with Crippen molar-refractivity contribution in [1.82, 2.24) is 8.43 Å². The average molecular weight is 417 g/mol. The molecule has 0 fully saturated rings. The highest BCUT2D eigenvalue weighted by Crippen LogP contribution is 2.05. The highest BCUT2D eigenvalue weighted by atomic mass is 127. The van der Waals surface area contributed by atoms with Gasteiger partial charge in [0.05, 0.1) is 27.9 Å². The predicted octanol–water partition coefficient (Wildman–Crippen LogP) is 1.77. The maximum Gasteiger partial charge on any atom is 0.513 e. The van der Waals surface area contributed by atoms with Gasteiger partial charge in [0.1, 0.15) is 5.60 Å². The third-order valence-electron chi connectivity index (χ3n) is 1.89. The van der Waals surface area contributed by atoms with Crippen molar-refractivity contribution in [3.05, 3.63) is 0 Å². The largest absolute Gasteiger partial charge is 0.513 e. The summed E-state index contributed by atoms with van der Waals surface area (Å²) in [6, 6.07) is 0. The van der Waals surface area contributed by atoms with Crippen LogP contribution in [0, 0.1) is 0 Å². The van der Waals surface area contributed by atoms with E-state index in [4.69, 9.17) is 17.0 Å². The molecule has 0 radical (unpaired) electrons. The summed E-state index contributed by atoms with van der Waals surface area (Å²) in [4.78, 5) is 11.4. The summed E-state index contributed by atoms with van der Waals surface area (Å²) in [5, 5.41) is 5.29. The van der Waals surface area contributed by atoms with Gasteiger partial charge in [-0.1, -0.05) is 0 Å². The monoisotopic (exact) mass is 417 g/mol. The molecule has 0 atom stereocenters. The Morgan fingerprint density at radius 3 is 2.60 bits per heavy atom. The molecule has 0 aromatic rings. The number of thiocarbonyl (C=S) groups is 1. The van der Waals surface area contributed by atoms with E-state index in [0.717, 1.165) is 25.9 Å². The lowest BCUT2D eigenvalue weighted by atomic mass is 10.2. The first-order valence-electron chi connectivity index (χ1n) is 6.57. The van der Waals surface area contributed by atoms with Crippen LogP contribution in [0.15, 0.2) is 3.15 Å². The molecular formula is C12H26IN4O2S+. The lowest BCUT2D eigenvalue weighted by Crippen LogP contribution is -2.88. The lowest BCUT2D eigenvalue weighted by Gasteiger charge is -2.16. The Morgan fingerprint density at radius 1 is 1.40 bits per heavy atom. The topological polar surface area (TPSA) is 70.5 Å². The molecule has 0 spiro atoms. The van der Waals surface area contributed by atoms with Gasteiger partial charge >= 0.3 is 6.09 Å². The molecule has 0 aliphatic heterocycles. The van der Waals surface area contributed by atoms with Gasteiger partial charge in [-0.2, -0.15) is 7.94 Å². The van der Waals surface area contributed by atoms with E-state index in [-0.39, 0.29) is 27.4 Å². The number of nitrogens with one attached hydrogen (secondary N) is 1. The van der Waals surface area contributed by atoms with Gasteiger partial charge in [-0.25, -0.2) is 8.43 Å². The zero-order valence-electron chi connectivity index (χ0n) is 12.9. The van der Waals surface area contributed by atoms with Crippen LogP contribution >= 0.6 is 33.5 Å². The summed E-state index contributed by atoms with van der Waals surface area (Å²) in [7, 11) is 3.98. The summed E-state index contributed by atoms with van der Waals surface area (Å²) in [5.41, 5.74) is -0.418. The van der Waals surface area contributed by atoms with Crippen molar-refractivity contribution < 1.29 is 14.8 Å². The summed E-state index contributed by atoms with van der Waals surface area (Å²) >= 11 is 4.75. The zero-order valence-corrected chi connectivity index (χ0v) is 15.9. The van der Waals surface area contributed by atoms with Crippen LogP contribution in [-0.2, 0) is 4.74 Å². The number of hydrogen-bond acceptors (Lipinski definition) is 3. The fraction of sp³-hybridized carbons (Fsp3) is 0.833. The molecule has 0 unspecified atom stereocenters. The van der Waals surface area contributed by atoms with Crippen LogP contribution < -0.4 is 10.6 Å². The van der Waals surface area contributed by atoms with Crippen molar-refractivity contribution in [3.63, 3.8) is 0 Å². The fourth-order valence-electron chi connectivity index (χ4n) is 1.17. The molecule has 3 N–H and O–H groups in total. The van der Waals surface area contributed by atoms with Gasteiger partial charge in [0.25, 0.3) is 0 Å². The molecule has 0 aromatic heterocycles. The quantitative estimate of drug-likeness (QED) is 0.298. The first-order chi connectivity index (χ1) is 9.20. The Bertz CT molecular complexity index is 343. The molecule has 0 aromatic carbocycles. The molecule has 0 aliphatic rings. The van der Waals surface area contributed by atoms with E-state index in [0.29, 0.717) is 5.11 Å². The number of nitrogens with two attached hydrogens (primary N) is 1. The van der Waals surface area contributed by atoms with Gasteiger partial charge in [-0.05, 0) is 59.9 Å². The molecule has 0 saturated carbocycles. The normalized spacial score (nSPS) is 12.3. The highest BCUT2D eigenvalue weighted by molar-refractivity contribution is 14.1. The third-order valence-corrected chi connectivity index (χ3v) is 4.01. The van der Waals surface area contributed by atoms with E-state index in [1.165, 1.54) is 0 Å². The maximum atomic E-state index is 11.4. The first kappa shape index (κ1) is 19.8. The first-order valence-corrected chi connectivity index (χ1v) is 8.91. The SMILES string of the molecule is CN(C)I=NC(=S)NCCCC[NH2+]C(=O)OC(C)(C)C. The summed E-state index contributed by atoms with van der Waals surface area (Å²) in [6.07, 6.45) is 1.64. The maximum absolute atomic E-state index is 11.4. The standard InChI is InChI=1S/C12H25IN4O2S/c1-12(2,3)19-11(18)15-9-7-6-8-14-10(20)16-13-17(4)5/h6-9H2,1-5H3,(H,14,20)(H,15,18)/p+1. The molecule has 20 heavy (non-hydrogen) atoms. The van der Waals surface area contributed by atoms with Crippen LogP contribution in [0.4, 0.5) is 4.79 Å². The number of ether oxygens (including phenoxy) is 1. The molecule has 1 amide bonds. The van der Waals surface area contributed by atoms with Crippen molar-refractivity contribution in [1.29, 1.82) is 0 Å². The summed E-state index contributed by atoms with van der Waals surface area (Å²) in [6.45, 7) is 7.11. The minimum Gasteiger partial charge on any atom is -0.414 e. The minimum absolute atomic E-state index is 0.244. The molecular weight excluding hydrogens is 391 g/mol. The van der Waals surface area contributed by atoms with Crippen LogP contribution in [0.5, 0.6) is 0 Å². The Labute approximate surface area is 137 Å². The number of primary amides is 1. The molecule has 118 valence electrons. The van der Waals surface area contributed by atoms with Gasteiger partial charge in [0, 0.05) is 6.54 Å². The third kappa shape index (κ3) is 14.2. The van der Waals surface area contributed by atoms with Gasteiger partial charge in [-0.15, -0.1) is 0 Å². The number of hydrogen-bond donors (Lipinski definition) is 2. The Balaban J connectivity index is 3.54. The number of amides is 1. The zero-order chi connectivity index (χ0) is 15.6. The van der Waals surface area contributed by atoms with E-state index in [1.54, 1.807) is 5.32 Å². The van der Waals surface area contributed by atoms with Crippen LogP contribution in [-0.4, -0.2) is 47.1 Å². The number of unbranched alkanes of at least 4 members (excludes halogenated alkanes) is 1. The second kappa shape index (κ2) is 10.5. The number of carbonyl (C=O) groups excluding carboxylic acids is 1. The number of halogens is 1. The molecule has 8 heteroatoms. The smallest absolute Gasteiger partial charge is 0.414 e.